The van der Waals surface area contributed by atoms with Gasteiger partial charge in [-0.15, -0.1) is 0 Å². The summed E-state index contributed by atoms with van der Waals surface area (Å²) >= 11 is 0. The SMILES string of the molecule is CN(CCCCCC1CC(c2ccc(F)cc2)NN1)C(=O)Cn1nc2n(c1=O)CCCCC2. The number of likely N-dealkylation sites (N-methyl/N-ethyl adjacent to an activating group) is 1. The highest BCUT2D eigenvalue weighted by molar-refractivity contribution is 5.75. The Balaban J connectivity index is 1.14. The van der Waals surface area contributed by atoms with E-state index in [1.807, 2.05) is 12.1 Å². The maximum Gasteiger partial charge on any atom is 0.346 e. The van der Waals surface area contributed by atoms with Crippen molar-refractivity contribution < 1.29 is 9.18 Å². The van der Waals surface area contributed by atoms with Gasteiger partial charge in [-0.05, 0) is 49.8 Å². The van der Waals surface area contributed by atoms with Gasteiger partial charge in [0.2, 0.25) is 5.91 Å². The quantitative estimate of drug-likeness (QED) is 0.564. The summed E-state index contributed by atoms with van der Waals surface area (Å²) in [5.41, 5.74) is 7.59. The molecule has 0 radical (unpaired) electrons. The van der Waals surface area contributed by atoms with Crippen molar-refractivity contribution in [1.29, 1.82) is 0 Å². The van der Waals surface area contributed by atoms with Gasteiger partial charge in [-0.3, -0.25) is 20.2 Å². The zero-order chi connectivity index (χ0) is 23.2. The molecule has 2 aliphatic heterocycles. The molecule has 0 spiro atoms. The number of fused-ring (bicyclic) bond motifs is 1. The summed E-state index contributed by atoms with van der Waals surface area (Å²) in [4.78, 5) is 26.8. The zero-order valence-corrected chi connectivity index (χ0v) is 19.4. The number of carbonyl (C=O) groups excluding carboxylic acids is 1. The summed E-state index contributed by atoms with van der Waals surface area (Å²) in [5.74, 6) is 0.523. The molecule has 0 aliphatic carbocycles. The Morgan fingerprint density at radius 3 is 2.79 bits per heavy atom. The first kappa shape index (κ1) is 23.6. The fourth-order valence-corrected chi connectivity index (χ4v) is 4.74. The Hall–Kier alpha value is -2.52. The minimum absolute atomic E-state index is 0.0117. The number of aromatic nitrogens is 3. The van der Waals surface area contributed by atoms with Gasteiger partial charge in [-0.25, -0.2) is 13.9 Å². The number of hydrogen-bond donors (Lipinski definition) is 2. The van der Waals surface area contributed by atoms with Crippen LogP contribution in [0.5, 0.6) is 0 Å². The molecule has 1 fully saturated rings. The van der Waals surface area contributed by atoms with Crippen molar-refractivity contribution in [3.8, 4) is 0 Å². The van der Waals surface area contributed by atoms with E-state index in [-0.39, 0.29) is 30.0 Å². The first-order chi connectivity index (χ1) is 16.0. The maximum absolute atomic E-state index is 13.1. The topological polar surface area (TPSA) is 84.2 Å². The van der Waals surface area contributed by atoms with Gasteiger partial charge in [0.15, 0.2) is 0 Å². The number of hydrazine groups is 1. The molecule has 33 heavy (non-hydrogen) atoms. The van der Waals surface area contributed by atoms with Crippen LogP contribution in [-0.2, 0) is 24.3 Å². The lowest BCUT2D eigenvalue weighted by Gasteiger charge is -2.17. The van der Waals surface area contributed by atoms with Gasteiger partial charge in [-0.1, -0.05) is 31.4 Å². The molecule has 180 valence electrons. The zero-order valence-electron chi connectivity index (χ0n) is 19.4. The number of amides is 1. The second kappa shape index (κ2) is 11.1. The average molecular weight is 459 g/mol. The lowest BCUT2D eigenvalue weighted by molar-refractivity contribution is -0.130. The Kier molecular flexibility index (Phi) is 7.93. The van der Waals surface area contributed by atoms with Crippen molar-refractivity contribution in [3.63, 3.8) is 0 Å². The number of nitrogens with one attached hydrogen (secondary N) is 2. The molecule has 2 atom stereocenters. The van der Waals surface area contributed by atoms with E-state index in [1.54, 1.807) is 16.5 Å². The van der Waals surface area contributed by atoms with Crippen LogP contribution in [-0.4, -0.2) is 44.8 Å². The highest BCUT2D eigenvalue weighted by Crippen LogP contribution is 2.24. The highest BCUT2D eigenvalue weighted by Gasteiger charge is 2.24. The number of hydrogen-bond acceptors (Lipinski definition) is 5. The van der Waals surface area contributed by atoms with Crippen LogP contribution in [0.25, 0.3) is 0 Å². The molecule has 2 N–H and O–H groups in total. The van der Waals surface area contributed by atoms with Gasteiger partial charge in [-0.2, -0.15) is 5.10 Å². The Bertz CT molecular complexity index is 986. The standard InChI is InChI=1S/C24H35FN6O2/c1-29(23(32)17-31-24(33)30-15-7-3-5-9-22(30)28-31)14-6-2-4-8-20-16-21(27-26-20)18-10-12-19(25)13-11-18/h10-13,20-21,26-27H,2-9,14-17H2,1H3. The molecular formula is C24H35FN6O2. The molecule has 9 heteroatoms. The first-order valence-electron chi connectivity index (χ1n) is 12.2. The van der Waals surface area contributed by atoms with Gasteiger partial charge in [0.05, 0.1) is 0 Å². The summed E-state index contributed by atoms with van der Waals surface area (Å²) in [6.45, 7) is 1.39. The summed E-state index contributed by atoms with van der Waals surface area (Å²) in [5, 5.41) is 4.41. The van der Waals surface area contributed by atoms with E-state index in [9.17, 15) is 14.0 Å². The summed E-state index contributed by atoms with van der Waals surface area (Å²) in [6.07, 6.45) is 9.04. The minimum Gasteiger partial charge on any atom is -0.344 e. The molecule has 1 aromatic heterocycles. The van der Waals surface area contributed by atoms with Crippen molar-refractivity contribution >= 4 is 5.91 Å². The van der Waals surface area contributed by atoms with Gasteiger partial charge < -0.3 is 4.90 Å². The van der Waals surface area contributed by atoms with Crippen molar-refractivity contribution in [2.24, 2.45) is 0 Å². The summed E-state index contributed by atoms with van der Waals surface area (Å²) in [6, 6.07) is 7.26. The molecule has 4 rings (SSSR count). The number of rotatable bonds is 9. The summed E-state index contributed by atoms with van der Waals surface area (Å²) in [7, 11) is 1.80. The molecule has 3 heterocycles. The summed E-state index contributed by atoms with van der Waals surface area (Å²) < 4.78 is 16.2. The van der Waals surface area contributed by atoms with E-state index in [0.717, 1.165) is 69.2 Å². The number of halogens is 1. The molecule has 0 bridgehead atoms. The van der Waals surface area contributed by atoms with Crippen LogP contribution in [0.15, 0.2) is 29.1 Å². The number of benzene rings is 1. The molecule has 2 unspecified atom stereocenters. The van der Waals surface area contributed by atoms with Crippen LogP contribution in [0, 0.1) is 5.82 Å². The molecule has 2 aliphatic rings. The van der Waals surface area contributed by atoms with E-state index in [2.05, 4.69) is 16.0 Å². The number of carbonyl (C=O) groups is 1. The molecule has 8 nitrogen and oxygen atoms in total. The number of unbranched alkanes of at least 4 members (excludes halogenated alkanes) is 2. The third kappa shape index (κ3) is 6.09. The largest absolute Gasteiger partial charge is 0.346 e. The average Bonchev–Trinajstić information content (AvgIpc) is 3.30. The normalized spacial score (nSPS) is 20.4. The van der Waals surface area contributed by atoms with Crippen molar-refractivity contribution in [1.82, 2.24) is 30.1 Å². The van der Waals surface area contributed by atoms with Crippen LogP contribution in [0.2, 0.25) is 0 Å². The van der Waals surface area contributed by atoms with Crippen molar-refractivity contribution in [3.05, 3.63) is 52.0 Å². The lowest BCUT2D eigenvalue weighted by Crippen LogP contribution is -2.35. The predicted octanol–water partition coefficient (Wildman–Crippen LogP) is 2.54. The van der Waals surface area contributed by atoms with E-state index in [0.29, 0.717) is 19.1 Å². The Labute approximate surface area is 194 Å². The Morgan fingerprint density at radius 1 is 1.15 bits per heavy atom. The lowest BCUT2D eigenvalue weighted by atomic mass is 9.99. The van der Waals surface area contributed by atoms with E-state index >= 15 is 0 Å². The maximum atomic E-state index is 13.1. The minimum atomic E-state index is -0.212. The fraction of sp³-hybridized carbons (Fsp3) is 0.625. The highest BCUT2D eigenvalue weighted by atomic mass is 19.1. The first-order valence-corrected chi connectivity index (χ1v) is 12.2. The van der Waals surface area contributed by atoms with Gasteiger partial charge in [0, 0.05) is 38.6 Å². The fourth-order valence-electron chi connectivity index (χ4n) is 4.74. The van der Waals surface area contributed by atoms with Crippen LogP contribution >= 0.6 is 0 Å². The van der Waals surface area contributed by atoms with Crippen LogP contribution in [0.1, 0.15) is 68.8 Å². The number of nitrogens with zero attached hydrogens (tertiary/aromatic N) is 4. The second-order valence-electron chi connectivity index (χ2n) is 9.31. The van der Waals surface area contributed by atoms with Crippen molar-refractivity contribution in [2.75, 3.05) is 13.6 Å². The molecular weight excluding hydrogens is 423 g/mol. The van der Waals surface area contributed by atoms with Crippen LogP contribution in [0.3, 0.4) is 0 Å². The second-order valence-corrected chi connectivity index (χ2v) is 9.31. The molecule has 2 aromatic rings. The van der Waals surface area contributed by atoms with E-state index < -0.39 is 0 Å². The number of aryl methyl sites for hydroxylation is 1. The third-order valence-corrected chi connectivity index (χ3v) is 6.79. The van der Waals surface area contributed by atoms with Crippen LogP contribution in [0.4, 0.5) is 4.39 Å². The van der Waals surface area contributed by atoms with E-state index in [4.69, 9.17) is 0 Å². The molecule has 1 aromatic carbocycles. The van der Waals surface area contributed by atoms with Gasteiger partial charge in [0.1, 0.15) is 18.2 Å². The monoisotopic (exact) mass is 458 g/mol. The third-order valence-electron chi connectivity index (χ3n) is 6.79. The molecule has 1 amide bonds. The van der Waals surface area contributed by atoms with Crippen molar-refractivity contribution in [2.45, 2.75) is 83.0 Å². The molecule has 1 saturated heterocycles. The Morgan fingerprint density at radius 2 is 1.97 bits per heavy atom. The van der Waals surface area contributed by atoms with Gasteiger partial charge in [0.25, 0.3) is 0 Å². The molecule has 0 saturated carbocycles. The van der Waals surface area contributed by atoms with Gasteiger partial charge >= 0.3 is 5.69 Å². The van der Waals surface area contributed by atoms with E-state index in [1.165, 1.54) is 16.8 Å². The smallest absolute Gasteiger partial charge is 0.344 e. The predicted molar refractivity (Wildman–Crippen MR) is 124 cm³/mol. The van der Waals surface area contributed by atoms with Crippen LogP contribution < -0.4 is 16.5 Å².